The monoisotopic (exact) mass is 308 g/mol. The van der Waals surface area contributed by atoms with Crippen LogP contribution < -0.4 is 10.6 Å². The van der Waals surface area contributed by atoms with Crippen LogP contribution in [0.15, 0.2) is 0 Å². The summed E-state index contributed by atoms with van der Waals surface area (Å²) in [7, 11) is 0. The molecule has 3 saturated carbocycles. The van der Waals surface area contributed by atoms with Crippen molar-refractivity contribution >= 4 is 22.7 Å². The van der Waals surface area contributed by atoms with E-state index in [2.05, 4.69) is 20.0 Å². The van der Waals surface area contributed by atoms with Crippen LogP contribution in [0.3, 0.4) is 0 Å². The number of anilines is 1. The topological polar surface area (TPSA) is 87.1 Å². The van der Waals surface area contributed by atoms with E-state index in [0.29, 0.717) is 35.3 Å². The predicted octanol–water partition coefficient (Wildman–Crippen LogP) is 1.94. The Bertz CT molecular complexity index is 543. The van der Waals surface area contributed by atoms with Gasteiger partial charge in [-0.3, -0.25) is 5.32 Å². The lowest BCUT2D eigenvalue weighted by molar-refractivity contribution is 0.0954. The summed E-state index contributed by atoms with van der Waals surface area (Å²) >= 11 is 1.25. The number of nitrogens with zero attached hydrogens (tertiary/aromatic N) is 2. The molecule has 6 nitrogen and oxygen atoms in total. The SMILES string of the molecule is O=C(NC[C@@H]1C[C@H]2C[C@@H]1C[C@H]2O)Nc1nc(C2CC2)ns1. The zero-order valence-electron chi connectivity index (χ0n) is 11.8. The lowest BCUT2D eigenvalue weighted by Gasteiger charge is -2.24. The van der Waals surface area contributed by atoms with Crippen LogP contribution in [-0.2, 0) is 0 Å². The fraction of sp³-hybridized carbons (Fsp3) is 0.786. The van der Waals surface area contributed by atoms with Crippen molar-refractivity contribution < 1.29 is 9.90 Å². The molecular weight excluding hydrogens is 288 g/mol. The maximum absolute atomic E-state index is 11.9. The molecule has 3 aliphatic rings. The van der Waals surface area contributed by atoms with Gasteiger partial charge in [0.2, 0.25) is 5.13 Å². The molecular formula is C14H20N4O2S. The molecule has 0 unspecified atom stereocenters. The number of aromatic nitrogens is 2. The highest BCUT2D eigenvalue weighted by atomic mass is 32.1. The van der Waals surface area contributed by atoms with Crippen molar-refractivity contribution in [3.63, 3.8) is 0 Å². The van der Waals surface area contributed by atoms with E-state index >= 15 is 0 Å². The number of amides is 2. The molecule has 3 aliphatic carbocycles. The molecule has 7 heteroatoms. The minimum atomic E-state index is -0.197. The van der Waals surface area contributed by atoms with Gasteiger partial charge in [-0.2, -0.15) is 4.37 Å². The number of urea groups is 1. The van der Waals surface area contributed by atoms with Crippen molar-refractivity contribution in [3.05, 3.63) is 5.82 Å². The van der Waals surface area contributed by atoms with Gasteiger partial charge in [0, 0.05) is 24.0 Å². The number of aliphatic hydroxyl groups is 1. The Morgan fingerprint density at radius 2 is 2.14 bits per heavy atom. The van der Waals surface area contributed by atoms with Gasteiger partial charge in [0.25, 0.3) is 0 Å². The average molecular weight is 308 g/mol. The number of fused-ring (bicyclic) bond motifs is 2. The molecule has 21 heavy (non-hydrogen) atoms. The van der Waals surface area contributed by atoms with Gasteiger partial charge in [-0.1, -0.05) is 0 Å². The second-order valence-electron chi connectivity index (χ2n) is 6.62. The van der Waals surface area contributed by atoms with Crippen LogP contribution >= 0.6 is 11.5 Å². The van der Waals surface area contributed by atoms with Crippen molar-refractivity contribution in [1.29, 1.82) is 0 Å². The van der Waals surface area contributed by atoms with Crippen molar-refractivity contribution in [1.82, 2.24) is 14.7 Å². The number of carbonyl (C=O) groups is 1. The van der Waals surface area contributed by atoms with Crippen LogP contribution in [0.2, 0.25) is 0 Å². The molecule has 1 heterocycles. The first-order valence-electron chi connectivity index (χ1n) is 7.75. The summed E-state index contributed by atoms with van der Waals surface area (Å²) in [6.07, 6.45) is 5.28. The number of hydrogen-bond donors (Lipinski definition) is 3. The molecule has 4 rings (SSSR count). The molecule has 1 aromatic heterocycles. The van der Waals surface area contributed by atoms with Crippen LogP contribution in [0.25, 0.3) is 0 Å². The molecule has 4 atom stereocenters. The Hall–Kier alpha value is -1.21. The first kappa shape index (κ1) is 13.5. The quantitative estimate of drug-likeness (QED) is 0.793. The zero-order chi connectivity index (χ0) is 14.4. The summed E-state index contributed by atoms with van der Waals surface area (Å²) in [4.78, 5) is 16.2. The van der Waals surface area contributed by atoms with Crippen LogP contribution in [0.1, 0.15) is 43.8 Å². The van der Waals surface area contributed by atoms with Crippen molar-refractivity contribution in [2.24, 2.45) is 17.8 Å². The maximum atomic E-state index is 11.9. The summed E-state index contributed by atoms with van der Waals surface area (Å²) < 4.78 is 4.27. The average Bonchev–Trinajstić information content (AvgIpc) is 2.91. The molecule has 3 N–H and O–H groups in total. The minimum Gasteiger partial charge on any atom is -0.393 e. The summed E-state index contributed by atoms with van der Waals surface area (Å²) in [5.41, 5.74) is 0. The first-order valence-corrected chi connectivity index (χ1v) is 8.53. The molecule has 114 valence electrons. The fourth-order valence-corrected chi connectivity index (χ4v) is 4.42. The summed E-state index contributed by atoms with van der Waals surface area (Å²) in [5.74, 6) is 2.93. The Kier molecular flexibility index (Phi) is 3.34. The van der Waals surface area contributed by atoms with Gasteiger partial charge >= 0.3 is 6.03 Å². The maximum Gasteiger partial charge on any atom is 0.321 e. The van der Waals surface area contributed by atoms with E-state index in [0.717, 1.165) is 25.1 Å². The molecule has 2 amide bonds. The van der Waals surface area contributed by atoms with Crippen molar-refractivity contribution in [2.75, 3.05) is 11.9 Å². The van der Waals surface area contributed by atoms with Crippen molar-refractivity contribution in [3.8, 4) is 0 Å². The molecule has 0 aromatic carbocycles. The molecule has 1 aromatic rings. The lowest BCUT2D eigenvalue weighted by atomic mass is 9.87. The van der Waals surface area contributed by atoms with Gasteiger partial charge in [0.15, 0.2) is 0 Å². The predicted molar refractivity (Wildman–Crippen MR) is 79.2 cm³/mol. The summed E-state index contributed by atoms with van der Waals surface area (Å²) in [6.45, 7) is 0.688. The number of aliphatic hydroxyl groups excluding tert-OH is 1. The molecule has 3 fully saturated rings. The minimum absolute atomic E-state index is 0.109. The van der Waals surface area contributed by atoms with Crippen LogP contribution in [0.5, 0.6) is 0 Å². The molecule has 0 aliphatic heterocycles. The van der Waals surface area contributed by atoms with E-state index in [1.165, 1.54) is 24.4 Å². The van der Waals surface area contributed by atoms with Gasteiger partial charge in [0.05, 0.1) is 6.10 Å². The standard InChI is InChI=1S/C14H20N4O2S/c19-11-5-8-3-9(11)4-10(8)6-15-13(20)17-14-16-12(18-21-14)7-1-2-7/h7-11,19H,1-6H2,(H2,15,16,17,18,20)/t8-,9-,10+,11-/m1/s1. The molecule has 2 bridgehead atoms. The Balaban J connectivity index is 1.24. The van der Waals surface area contributed by atoms with Crippen LogP contribution in [0, 0.1) is 17.8 Å². The van der Waals surface area contributed by atoms with E-state index in [1.807, 2.05) is 0 Å². The second-order valence-corrected chi connectivity index (χ2v) is 7.37. The van der Waals surface area contributed by atoms with Gasteiger partial charge in [-0.25, -0.2) is 9.78 Å². The summed E-state index contributed by atoms with van der Waals surface area (Å²) in [6, 6.07) is -0.197. The highest BCUT2D eigenvalue weighted by molar-refractivity contribution is 7.09. The fourth-order valence-electron chi connectivity index (χ4n) is 3.77. The van der Waals surface area contributed by atoms with E-state index < -0.39 is 0 Å². The summed E-state index contributed by atoms with van der Waals surface area (Å²) in [5, 5.41) is 16.0. The third-order valence-electron chi connectivity index (χ3n) is 5.10. The first-order chi connectivity index (χ1) is 10.2. The molecule has 0 spiro atoms. The van der Waals surface area contributed by atoms with E-state index in [-0.39, 0.29) is 12.1 Å². The van der Waals surface area contributed by atoms with Crippen LogP contribution in [0.4, 0.5) is 9.93 Å². The highest BCUT2D eigenvalue weighted by Gasteiger charge is 2.44. The van der Waals surface area contributed by atoms with E-state index in [9.17, 15) is 9.90 Å². The smallest absolute Gasteiger partial charge is 0.321 e. The van der Waals surface area contributed by atoms with Gasteiger partial charge < -0.3 is 10.4 Å². The largest absolute Gasteiger partial charge is 0.393 e. The van der Waals surface area contributed by atoms with E-state index in [1.54, 1.807) is 0 Å². The normalized spacial score (nSPS) is 34.1. The van der Waals surface area contributed by atoms with Gasteiger partial charge in [0.1, 0.15) is 5.82 Å². The Morgan fingerprint density at radius 3 is 2.81 bits per heavy atom. The highest BCUT2D eigenvalue weighted by Crippen LogP contribution is 2.48. The van der Waals surface area contributed by atoms with Crippen molar-refractivity contribution in [2.45, 2.75) is 44.1 Å². The zero-order valence-corrected chi connectivity index (χ0v) is 12.6. The number of nitrogens with one attached hydrogen (secondary N) is 2. The van der Waals surface area contributed by atoms with E-state index in [4.69, 9.17) is 0 Å². The van der Waals surface area contributed by atoms with Gasteiger partial charge in [-0.15, -0.1) is 0 Å². The number of hydrogen-bond acceptors (Lipinski definition) is 5. The third-order valence-corrected chi connectivity index (χ3v) is 5.74. The lowest BCUT2D eigenvalue weighted by Crippen LogP contribution is -2.36. The Morgan fingerprint density at radius 1 is 1.29 bits per heavy atom. The molecule has 0 radical (unpaired) electrons. The van der Waals surface area contributed by atoms with Crippen LogP contribution in [-0.4, -0.2) is 33.1 Å². The number of rotatable bonds is 4. The second kappa shape index (κ2) is 5.21. The van der Waals surface area contributed by atoms with Gasteiger partial charge in [-0.05, 0) is 49.9 Å². The number of carbonyl (C=O) groups excluding carboxylic acids is 1. The molecule has 0 saturated heterocycles. The third kappa shape index (κ3) is 2.76. The Labute approximate surface area is 127 Å².